The molecule has 0 atom stereocenters. The molecular weight excluding hydrogens is 168 g/mol. The highest BCUT2D eigenvalue weighted by molar-refractivity contribution is 5.48. The summed E-state index contributed by atoms with van der Waals surface area (Å²) in [5, 5.41) is 0. The van der Waals surface area contributed by atoms with E-state index in [0.29, 0.717) is 0 Å². The lowest BCUT2D eigenvalue weighted by molar-refractivity contribution is 0.696. The molecule has 0 aliphatic carbocycles. The zero-order chi connectivity index (χ0) is 10.1. The molecule has 1 radical (unpaired) electrons. The molecule has 0 fully saturated rings. The maximum atomic E-state index is 3.83. The molecule has 0 bridgehead atoms. The van der Waals surface area contributed by atoms with E-state index in [9.17, 15) is 0 Å². The quantitative estimate of drug-likeness (QED) is 0.576. The van der Waals surface area contributed by atoms with E-state index < -0.39 is 0 Å². The topological polar surface area (TPSA) is 0 Å². The molecule has 0 saturated carbocycles. The van der Waals surface area contributed by atoms with Crippen molar-refractivity contribution in [3.63, 3.8) is 0 Å². The highest BCUT2D eigenvalue weighted by Gasteiger charge is 1.85. The summed E-state index contributed by atoms with van der Waals surface area (Å²) in [6.45, 7) is 3.83. The van der Waals surface area contributed by atoms with Gasteiger partial charge in [-0.25, -0.2) is 0 Å². The number of hydrogen-bond acceptors (Lipinski definition) is 0. The largest absolute Gasteiger partial charge is 0.0839 e. The molecule has 0 amide bonds. The Morgan fingerprint density at radius 2 is 1.79 bits per heavy atom. The molecule has 0 nitrogen and oxygen atoms in total. The zero-order valence-electron chi connectivity index (χ0n) is 8.78. The monoisotopic (exact) mass is 187 g/mol. The second kappa shape index (κ2) is 7.37. The van der Waals surface area contributed by atoms with Crippen molar-refractivity contribution < 1.29 is 0 Å². The first-order valence-corrected chi connectivity index (χ1v) is 5.44. The third-order valence-corrected chi connectivity index (χ3v) is 2.23. The van der Waals surface area contributed by atoms with Gasteiger partial charge in [-0.1, -0.05) is 68.7 Å². The van der Waals surface area contributed by atoms with Crippen molar-refractivity contribution >= 4 is 6.08 Å². The van der Waals surface area contributed by atoms with Crippen molar-refractivity contribution in [1.82, 2.24) is 0 Å². The van der Waals surface area contributed by atoms with Crippen LogP contribution in [0.15, 0.2) is 36.4 Å². The fraction of sp³-hybridized carbons (Fsp3) is 0.357. The predicted octanol–water partition coefficient (Wildman–Crippen LogP) is 4.48. The van der Waals surface area contributed by atoms with Gasteiger partial charge >= 0.3 is 0 Å². The van der Waals surface area contributed by atoms with Gasteiger partial charge in [0.25, 0.3) is 0 Å². The lowest BCUT2D eigenvalue weighted by Gasteiger charge is -1.94. The third-order valence-electron chi connectivity index (χ3n) is 2.23. The molecule has 1 rings (SSSR count). The third kappa shape index (κ3) is 4.86. The fourth-order valence-electron chi connectivity index (χ4n) is 1.40. The summed E-state index contributed by atoms with van der Waals surface area (Å²) in [6.07, 6.45) is 10.6. The Bertz CT molecular complexity index is 246. The smallest absolute Gasteiger partial charge is 0.0260 e. The van der Waals surface area contributed by atoms with Crippen molar-refractivity contribution in [1.29, 1.82) is 0 Å². The maximum absolute atomic E-state index is 3.83. The number of unbranched alkanes of at least 4 members (excludes halogenated alkanes) is 4. The van der Waals surface area contributed by atoms with Crippen LogP contribution >= 0.6 is 0 Å². The Kier molecular flexibility index (Phi) is 5.81. The van der Waals surface area contributed by atoms with Gasteiger partial charge in [-0.05, 0) is 18.4 Å². The van der Waals surface area contributed by atoms with Gasteiger partial charge < -0.3 is 0 Å². The molecule has 0 aliphatic rings. The number of allylic oxidation sites excluding steroid dienone is 1. The SMILES string of the molecule is [CH2]CCCCCC=Cc1ccccc1. The van der Waals surface area contributed by atoms with E-state index in [1.165, 1.54) is 31.2 Å². The van der Waals surface area contributed by atoms with E-state index in [2.05, 4.69) is 43.3 Å². The fourth-order valence-corrected chi connectivity index (χ4v) is 1.40. The van der Waals surface area contributed by atoms with Crippen molar-refractivity contribution in [3.05, 3.63) is 48.9 Å². The average Bonchev–Trinajstić information content (AvgIpc) is 2.25. The summed E-state index contributed by atoms with van der Waals surface area (Å²) in [4.78, 5) is 0. The number of hydrogen-bond donors (Lipinski definition) is 0. The molecule has 0 unspecified atom stereocenters. The standard InChI is InChI=1S/C14H19/c1-2-3-4-5-6-8-11-14-12-9-7-10-13-14/h7-13H,1-6H2. The minimum Gasteiger partial charge on any atom is -0.0839 e. The van der Waals surface area contributed by atoms with E-state index in [1.54, 1.807) is 0 Å². The van der Waals surface area contributed by atoms with Crippen molar-refractivity contribution in [2.75, 3.05) is 0 Å². The molecule has 0 heteroatoms. The van der Waals surface area contributed by atoms with Crippen LogP contribution in [0.2, 0.25) is 0 Å². The van der Waals surface area contributed by atoms with Gasteiger partial charge in [0.15, 0.2) is 0 Å². The maximum Gasteiger partial charge on any atom is -0.0260 e. The van der Waals surface area contributed by atoms with Crippen molar-refractivity contribution in [2.45, 2.75) is 32.1 Å². The van der Waals surface area contributed by atoms with Crippen molar-refractivity contribution in [2.24, 2.45) is 0 Å². The summed E-state index contributed by atoms with van der Waals surface area (Å²) in [5.74, 6) is 0. The first-order valence-electron chi connectivity index (χ1n) is 5.44. The molecule has 75 valence electrons. The summed E-state index contributed by atoms with van der Waals surface area (Å²) in [7, 11) is 0. The van der Waals surface area contributed by atoms with Crippen LogP contribution in [0.5, 0.6) is 0 Å². The van der Waals surface area contributed by atoms with Crippen LogP contribution < -0.4 is 0 Å². The lowest BCUT2D eigenvalue weighted by atomic mass is 10.1. The summed E-state index contributed by atoms with van der Waals surface area (Å²) in [6, 6.07) is 10.5. The van der Waals surface area contributed by atoms with Crippen LogP contribution in [0, 0.1) is 6.92 Å². The summed E-state index contributed by atoms with van der Waals surface area (Å²) in [5.41, 5.74) is 1.30. The van der Waals surface area contributed by atoms with Gasteiger partial charge in [0.1, 0.15) is 0 Å². The molecule has 0 aromatic heterocycles. The number of rotatable bonds is 6. The van der Waals surface area contributed by atoms with Crippen LogP contribution in [-0.2, 0) is 0 Å². The van der Waals surface area contributed by atoms with E-state index in [1.807, 2.05) is 6.07 Å². The van der Waals surface area contributed by atoms with Gasteiger partial charge in [-0.2, -0.15) is 0 Å². The summed E-state index contributed by atoms with van der Waals surface area (Å²) < 4.78 is 0. The average molecular weight is 187 g/mol. The predicted molar refractivity (Wildman–Crippen MR) is 63.9 cm³/mol. The highest BCUT2D eigenvalue weighted by Crippen LogP contribution is 2.06. The van der Waals surface area contributed by atoms with E-state index in [0.717, 1.165) is 6.42 Å². The van der Waals surface area contributed by atoms with Gasteiger partial charge in [0.2, 0.25) is 0 Å². The second-order valence-corrected chi connectivity index (χ2v) is 3.52. The van der Waals surface area contributed by atoms with Crippen LogP contribution in [0.25, 0.3) is 6.08 Å². The molecule has 0 saturated heterocycles. The Hall–Kier alpha value is -1.04. The highest BCUT2D eigenvalue weighted by atomic mass is 13.9. The molecule has 0 aliphatic heterocycles. The van der Waals surface area contributed by atoms with Gasteiger partial charge in [-0.3, -0.25) is 0 Å². The molecule has 0 spiro atoms. The first-order chi connectivity index (χ1) is 6.93. The van der Waals surface area contributed by atoms with E-state index >= 15 is 0 Å². The van der Waals surface area contributed by atoms with Crippen molar-refractivity contribution in [3.8, 4) is 0 Å². The molecular formula is C14H19. The van der Waals surface area contributed by atoms with Gasteiger partial charge in [-0.15, -0.1) is 0 Å². The number of benzene rings is 1. The van der Waals surface area contributed by atoms with Gasteiger partial charge in [0.05, 0.1) is 0 Å². The van der Waals surface area contributed by atoms with Gasteiger partial charge in [0, 0.05) is 0 Å². The Balaban J connectivity index is 2.15. The second-order valence-electron chi connectivity index (χ2n) is 3.52. The van der Waals surface area contributed by atoms with E-state index in [-0.39, 0.29) is 0 Å². The van der Waals surface area contributed by atoms with Crippen LogP contribution in [-0.4, -0.2) is 0 Å². The zero-order valence-corrected chi connectivity index (χ0v) is 8.78. The molecule has 0 heterocycles. The normalized spacial score (nSPS) is 10.9. The Morgan fingerprint density at radius 1 is 1.00 bits per heavy atom. The summed E-state index contributed by atoms with van der Waals surface area (Å²) >= 11 is 0. The van der Waals surface area contributed by atoms with Crippen LogP contribution in [0.4, 0.5) is 0 Å². The Labute approximate surface area is 87.7 Å². The lowest BCUT2D eigenvalue weighted by Crippen LogP contribution is -1.74. The molecule has 0 N–H and O–H groups in total. The first kappa shape index (κ1) is 11.0. The molecule has 14 heavy (non-hydrogen) atoms. The molecule has 1 aromatic rings. The minimum absolute atomic E-state index is 1.07. The van der Waals surface area contributed by atoms with Crippen LogP contribution in [0.3, 0.4) is 0 Å². The minimum atomic E-state index is 1.07. The van der Waals surface area contributed by atoms with E-state index in [4.69, 9.17) is 0 Å². The van der Waals surface area contributed by atoms with Crippen LogP contribution in [0.1, 0.15) is 37.7 Å². The Morgan fingerprint density at radius 3 is 2.50 bits per heavy atom. The molecule has 1 aromatic carbocycles.